The molecule has 0 saturated carbocycles. The van der Waals surface area contributed by atoms with Crippen LogP contribution < -0.4 is 5.32 Å². The molecule has 1 heterocycles. The van der Waals surface area contributed by atoms with E-state index < -0.39 is 11.9 Å². The monoisotopic (exact) mass is 443 g/mol. The van der Waals surface area contributed by atoms with E-state index in [0.717, 1.165) is 27.6 Å². The molecule has 1 unspecified atom stereocenters. The Morgan fingerprint density at radius 3 is 2.50 bits per heavy atom. The highest BCUT2D eigenvalue weighted by atomic mass is 79.9. The highest BCUT2D eigenvalue weighted by Crippen LogP contribution is 2.29. The normalized spacial score (nSPS) is 18.8. The number of dihydropyridines is 1. The van der Waals surface area contributed by atoms with Crippen LogP contribution in [0.25, 0.3) is 0 Å². The summed E-state index contributed by atoms with van der Waals surface area (Å²) in [6.45, 7) is 0.215. The van der Waals surface area contributed by atoms with Gasteiger partial charge in [-0.15, -0.1) is 0 Å². The first-order chi connectivity index (χ1) is 13.5. The second-order valence-electron chi connectivity index (χ2n) is 6.41. The number of allylic oxidation sites excluding steroid dienone is 2. The first kappa shape index (κ1) is 20.3. The van der Waals surface area contributed by atoms with Crippen molar-refractivity contribution in [2.45, 2.75) is 25.4 Å². The summed E-state index contributed by atoms with van der Waals surface area (Å²) >= 11 is 3.54. The van der Waals surface area contributed by atoms with Crippen LogP contribution >= 0.6 is 15.9 Å². The van der Waals surface area contributed by atoms with Gasteiger partial charge in [0.25, 0.3) is 5.91 Å². The molecule has 0 spiro atoms. The van der Waals surface area contributed by atoms with Crippen molar-refractivity contribution in [1.82, 2.24) is 5.32 Å². The lowest BCUT2D eigenvalue weighted by molar-refractivity contribution is -0.220. The first-order valence-corrected chi connectivity index (χ1v) is 9.72. The summed E-state index contributed by atoms with van der Waals surface area (Å²) in [5.74, 6) is -2.62. The molecule has 146 valence electrons. The molecule has 0 fully saturated rings. The summed E-state index contributed by atoms with van der Waals surface area (Å²) in [5, 5.41) is 12.8. The topological polar surface area (TPSA) is 67.8 Å². The van der Waals surface area contributed by atoms with E-state index in [9.17, 15) is 9.90 Å². The van der Waals surface area contributed by atoms with E-state index in [4.69, 9.17) is 9.47 Å². The molecular formula is C22H22BrNO4. The minimum absolute atomic E-state index is 0.0237. The molecule has 1 aliphatic heterocycles. The average molecular weight is 444 g/mol. The van der Waals surface area contributed by atoms with Gasteiger partial charge in [-0.2, -0.15) is 0 Å². The Morgan fingerprint density at radius 2 is 1.82 bits per heavy atom. The van der Waals surface area contributed by atoms with Crippen molar-refractivity contribution in [2.24, 2.45) is 0 Å². The largest absolute Gasteiger partial charge is 0.478 e. The van der Waals surface area contributed by atoms with E-state index in [1.807, 2.05) is 54.6 Å². The number of carboxylic acid groups (broad SMARTS) is 1. The van der Waals surface area contributed by atoms with Crippen LogP contribution in [0.4, 0.5) is 0 Å². The van der Waals surface area contributed by atoms with Crippen LogP contribution in [0.1, 0.15) is 17.5 Å². The third-order valence-electron chi connectivity index (χ3n) is 4.58. The highest BCUT2D eigenvalue weighted by Gasteiger charge is 2.41. The molecule has 0 radical (unpaired) electrons. The van der Waals surface area contributed by atoms with Crippen LogP contribution in [0.15, 0.2) is 82.5 Å². The lowest BCUT2D eigenvalue weighted by Crippen LogP contribution is -2.52. The van der Waals surface area contributed by atoms with Gasteiger partial charge in [0, 0.05) is 17.8 Å². The molecular weight excluding hydrogens is 422 g/mol. The number of hydrogen-bond donors (Lipinski definition) is 2. The zero-order valence-electron chi connectivity index (χ0n) is 15.5. The highest BCUT2D eigenvalue weighted by molar-refractivity contribution is 9.10. The van der Waals surface area contributed by atoms with Crippen molar-refractivity contribution in [2.75, 3.05) is 7.11 Å². The Kier molecular flexibility index (Phi) is 6.67. The van der Waals surface area contributed by atoms with Gasteiger partial charge in [0.15, 0.2) is 0 Å². The van der Waals surface area contributed by atoms with E-state index >= 15 is 0 Å². The van der Waals surface area contributed by atoms with Gasteiger partial charge >= 0.3 is 5.97 Å². The predicted molar refractivity (Wildman–Crippen MR) is 110 cm³/mol. The van der Waals surface area contributed by atoms with Crippen molar-refractivity contribution in [3.63, 3.8) is 0 Å². The summed E-state index contributed by atoms with van der Waals surface area (Å²) in [4.78, 5) is 11.9. The molecule has 1 aliphatic rings. The lowest BCUT2D eigenvalue weighted by atomic mass is 9.99. The van der Waals surface area contributed by atoms with Crippen LogP contribution in [0.2, 0.25) is 0 Å². The quantitative estimate of drug-likeness (QED) is 0.591. The Hall–Kier alpha value is -2.41. The SMILES string of the molecule is COC1(OCc2ccccc2)NC=C(CCc2ccccc2Br)C=C1C(=O)O. The zero-order chi connectivity index (χ0) is 20.0. The first-order valence-electron chi connectivity index (χ1n) is 8.93. The lowest BCUT2D eigenvalue weighted by Gasteiger charge is -2.35. The number of benzene rings is 2. The molecule has 3 rings (SSSR count). The van der Waals surface area contributed by atoms with Crippen LogP contribution in [-0.4, -0.2) is 24.1 Å². The summed E-state index contributed by atoms with van der Waals surface area (Å²) in [7, 11) is 1.43. The third-order valence-corrected chi connectivity index (χ3v) is 5.35. The zero-order valence-corrected chi connectivity index (χ0v) is 17.1. The Bertz CT molecular complexity index is 894. The number of ether oxygens (including phenoxy) is 2. The summed E-state index contributed by atoms with van der Waals surface area (Å²) in [6, 6.07) is 17.5. The Balaban J connectivity index is 1.74. The fourth-order valence-electron chi connectivity index (χ4n) is 3.02. The number of rotatable bonds is 8. The molecule has 2 N–H and O–H groups in total. The predicted octanol–water partition coefficient (Wildman–Crippen LogP) is 4.40. The van der Waals surface area contributed by atoms with Gasteiger partial charge in [0.2, 0.25) is 0 Å². The Labute approximate surface area is 172 Å². The van der Waals surface area contributed by atoms with E-state index in [0.29, 0.717) is 6.42 Å². The smallest absolute Gasteiger partial charge is 0.339 e. The molecule has 28 heavy (non-hydrogen) atoms. The number of halogens is 1. The van der Waals surface area contributed by atoms with E-state index in [1.165, 1.54) is 7.11 Å². The van der Waals surface area contributed by atoms with Crippen LogP contribution in [0.5, 0.6) is 0 Å². The van der Waals surface area contributed by atoms with Crippen LogP contribution in [-0.2, 0) is 27.3 Å². The molecule has 0 bridgehead atoms. The summed E-state index contributed by atoms with van der Waals surface area (Å²) in [5.41, 5.74) is 2.98. The van der Waals surface area contributed by atoms with Gasteiger partial charge in [0.1, 0.15) is 5.57 Å². The minimum Gasteiger partial charge on any atom is -0.478 e. The number of hydrogen-bond acceptors (Lipinski definition) is 4. The molecule has 5 nitrogen and oxygen atoms in total. The summed E-state index contributed by atoms with van der Waals surface area (Å²) in [6.07, 6.45) is 4.86. The number of methoxy groups -OCH3 is 1. The van der Waals surface area contributed by atoms with Crippen molar-refractivity contribution in [3.8, 4) is 0 Å². The molecule has 0 saturated heterocycles. The van der Waals surface area contributed by atoms with Crippen LogP contribution in [0.3, 0.4) is 0 Å². The fraction of sp³-hybridized carbons (Fsp3) is 0.227. The molecule has 0 aliphatic carbocycles. The minimum atomic E-state index is -1.53. The summed E-state index contributed by atoms with van der Waals surface area (Å²) < 4.78 is 12.4. The fourth-order valence-corrected chi connectivity index (χ4v) is 3.50. The van der Waals surface area contributed by atoms with Gasteiger partial charge in [-0.1, -0.05) is 64.5 Å². The third kappa shape index (κ3) is 4.70. The average Bonchev–Trinajstić information content (AvgIpc) is 2.72. The Morgan fingerprint density at radius 1 is 1.11 bits per heavy atom. The van der Waals surface area contributed by atoms with Gasteiger partial charge in [-0.3, -0.25) is 0 Å². The van der Waals surface area contributed by atoms with Crippen LogP contribution in [0, 0.1) is 0 Å². The number of carbonyl (C=O) groups is 1. The van der Waals surface area contributed by atoms with E-state index in [-0.39, 0.29) is 12.2 Å². The number of aliphatic carboxylic acids is 1. The maximum atomic E-state index is 11.9. The number of carboxylic acids is 1. The molecule has 0 aromatic heterocycles. The molecule has 1 atom stereocenters. The molecule has 0 amide bonds. The van der Waals surface area contributed by atoms with Crippen molar-refractivity contribution in [3.05, 3.63) is 93.6 Å². The molecule has 2 aromatic rings. The maximum absolute atomic E-state index is 11.9. The number of nitrogens with one attached hydrogen (secondary N) is 1. The molecule has 6 heteroatoms. The second kappa shape index (κ2) is 9.19. The van der Waals surface area contributed by atoms with Gasteiger partial charge < -0.3 is 19.9 Å². The second-order valence-corrected chi connectivity index (χ2v) is 7.27. The van der Waals surface area contributed by atoms with E-state index in [1.54, 1.807) is 12.3 Å². The molecule has 2 aromatic carbocycles. The van der Waals surface area contributed by atoms with Crippen molar-refractivity contribution in [1.29, 1.82) is 0 Å². The van der Waals surface area contributed by atoms with Gasteiger partial charge in [-0.05, 0) is 41.7 Å². The number of aryl methyl sites for hydroxylation is 1. The van der Waals surface area contributed by atoms with Gasteiger partial charge in [-0.25, -0.2) is 4.79 Å². The van der Waals surface area contributed by atoms with Crippen molar-refractivity contribution < 1.29 is 19.4 Å². The van der Waals surface area contributed by atoms with E-state index in [2.05, 4.69) is 21.2 Å². The van der Waals surface area contributed by atoms with Gasteiger partial charge in [0.05, 0.1) is 6.61 Å². The van der Waals surface area contributed by atoms with Crippen molar-refractivity contribution >= 4 is 21.9 Å². The maximum Gasteiger partial charge on any atom is 0.339 e. The standard InChI is InChI=1S/C22H22BrNO4/c1-27-22(28-15-16-7-3-2-4-8-16)19(21(25)26)13-17(14-24-22)11-12-18-9-5-6-10-20(18)23/h2-10,13-14,24H,11-12,15H2,1H3,(H,25,26).